The molecule has 0 N–H and O–H groups in total. The van der Waals surface area contributed by atoms with Crippen molar-refractivity contribution in [3.8, 4) is 0 Å². The molecular weight excluding hydrogens is 949 g/mol. The monoisotopic (exact) mass is 1070 g/mol. The van der Waals surface area contributed by atoms with Crippen LogP contribution in [0.3, 0.4) is 0 Å². The summed E-state index contributed by atoms with van der Waals surface area (Å²) in [7, 11) is 0. The van der Waals surface area contributed by atoms with Gasteiger partial charge in [0.15, 0.2) is 6.10 Å². The number of ether oxygens (including phenoxy) is 3. The van der Waals surface area contributed by atoms with E-state index in [0.717, 1.165) is 122 Å². The Morgan fingerprint density at radius 1 is 0.273 bits per heavy atom. The fraction of sp³-hybridized carbons (Fsp3) is 0.732. The van der Waals surface area contributed by atoms with E-state index in [1.54, 1.807) is 0 Å². The summed E-state index contributed by atoms with van der Waals surface area (Å²) in [5.41, 5.74) is 0. The van der Waals surface area contributed by atoms with Gasteiger partial charge in [-0.3, -0.25) is 14.4 Å². The number of carbonyl (C=O) groups excluding carboxylic acids is 3. The van der Waals surface area contributed by atoms with Crippen LogP contribution in [0.1, 0.15) is 316 Å². The van der Waals surface area contributed by atoms with Gasteiger partial charge >= 0.3 is 17.9 Å². The normalized spacial score (nSPS) is 12.7. The Balaban J connectivity index is 4.27. The Hall–Kier alpha value is -3.67. The fourth-order valence-corrected chi connectivity index (χ4v) is 9.13. The van der Waals surface area contributed by atoms with E-state index in [1.165, 1.54) is 154 Å². The highest BCUT2D eigenvalue weighted by Gasteiger charge is 2.19. The minimum atomic E-state index is -0.789. The van der Waals surface area contributed by atoms with Gasteiger partial charge in [0.2, 0.25) is 0 Å². The summed E-state index contributed by atoms with van der Waals surface area (Å²) in [4.78, 5) is 38.3. The quantitative estimate of drug-likeness (QED) is 0.0261. The average Bonchev–Trinajstić information content (AvgIpc) is 3.43. The lowest BCUT2D eigenvalue weighted by molar-refractivity contribution is -0.167. The maximum atomic E-state index is 12.9. The predicted molar refractivity (Wildman–Crippen MR) is 334 cm³/mol. The van der Waals surface area contributed by atoms with Crippen molar-refractivity contribution in [1.29, 1.82) is 0 Å². The fourth-order valence-electron chi connectivity index (χ4n) is 9.13. The summed E-state index contributed by atoms with van der Waals surface area (Å²) in [6.07, 6.45) is 87.0. The molecule has 0 aliphatic rings. The van der Waals surface area contributed by atoms with Crippen LogP contribution < -0.4 is 0 Å². The van der Waals surface area contributed by atoms with Gasteiger partial charge in [-0.1, -0.05) is 279 Å². The number of allylic oxidation sites excluding steroid dienone is 16. The molecule has 0 aromatic carbocycles. The van der Waals surface area contributed by atoms with E-state index in [-0.39, 0.29) is 31.1 Å². The molecule has 0 saturated carbocycles. The van der Waals surface area contributed by atoms with Gasteiger partial charge in [0.05, 0.1) is 0 Å². The number of esters is 3. The third-order valence-corrected chi connectivity index (χ3v) is 14.0. The van der Waals surface area contributed by atoms with Gasteiger partial charge in [0.1, 0.15) is 13.2 Å². The second kappa shape index (κ2) is 64.9. The smallest absolute Gasteiger partial charge is 0.306 e. The maximum absolute atomic E-state index is 12.9. The molecule has 0 spiro atoms. The van der Waals surface area contributed by atoms with Crippen molar-refractivity contribution in [2.24, 2.45) is 0 Å². The van der Waals surface area contributed by atoms with E-state index in [9.17, 15) is 14.4 Å². The van der Waals surface area contributed by atoms with Gasteiger partial charge < -0.3 is 14.2 Å². The second-order valence-corrected chi connectivity index (χ2v) is 21.6. The zero-order valence-electron chi connectivity index (χ0n) is 50.7. The Kier molecular flexibility index (Phi) is 61.8. The van der Waals surface area contributed by atoms with Crippen LogP contribution >= 0.6 is 0 Å². The van der Waals surface area contributed by atoms with Crippen molar-refractivity contribution in [2.45, 2.75) is 322 Å². The number of rotatable bonds is 59. The molecule has 0 heterocycles. The standard InChI is InChI=1S/C71H122O6/c1-4-7-10-13-16-19-22-25-28-30-31-32-33-34-35-36-37-38-39-40-41-42-44-46-49-52-55-58-61-64-70(73)76-67-68(66-75-69(72)63-60-57-54-51-48-45-27-24-21-18-15-12-9-6-3)77-71(74)65-62-59-56-53-50-47-43-29-26-23-20-17-14-11-8-5-2/h7,10,15-16,18-19,24-25,27-29,31-32,34-35,43,68H,4-6,8-9,11-14,17,20-23,26,30,33,36-42,44-67H2,1-3H3/b10-7-,18-15-,19-16-,27-24-,28-25-,32-31-,35-34-,43-29-. The molecule has 0 aromatic rings. The minimum Gasteiger partial charge on any atom is -0.462 e. The minimum absolute atomic E-state index is 0.0843. The van der Waals surface area contributed by atoms with Crippen LogP contribution in [0.5, 0.6) is 0 Å². The highest BCUT2D eigenvalue weighted by atomic mass is 16.6. The average molecular weight is 1070 g/mol. The van der Waals surface area contributed by atoms with E-state index in [1.807, 2.05) is 0 Å². The van der Waals surface area contributed by atoms with Crippen LogP contribution in [0.2, 0.25) is 0 Å². The number of carbonyl (C=O) groups is 3. The Bertz CT molecular complexity index is 1510. The Labute approximate surface area is 477 Å². The lowest BCUT2D eigenvalue weighted by Gasteiger charge is -2.18. The molecule has 0 aliphatic carbocycles. The van der Waals surface area contributed by atoms with Crippen LogP contribution in [-0.2, 0) is 28.6 Å². The number of unbranched alkanes of at least 4 members (excludes halogenated alkanes) is 32. The van der Waals surface area contributed by atoms with E-state index in [2.05, 4.69) is 118 Å². The van der Waals surface area contributed by atoms with Gasteiger partial charge in [-0.2, -0.15) is 0 Å². The molecule has 442 valence electrons. The van der Waals surface area contributed by atoms with E-state index >= 15 is 0 Å². The summed E-state index contributed by atoms with van der Waals surface area (Å²) >= 11 is 0. The van der Waals surface area contributed by atoms with Crippen molar-refractivity contribution in [2.75, 3.05) is 13.2 Å². The second-order valence-electron chi connectivity index (χ2n) is 21.6. The molecule has 0 radical (unpaired) electrons. The number of hydrogen-bond acceptors (Lipinski definition) is 6. The molecule has 6 nitrogen and oxygen atoms in total. The molecule has 1 unspecified atom stereocenters. The topological polar surface area (TPSA) is 78.9 Å². The van der Waals surface area contributed by atoms with Gasteiger partial charge in [-0.25, -0.2) is 0 Å². The molecule has 6 heteroatoms. The van der Waals surface area contributed by atoms with Crippen molar-refractivity contribution >= 4 is 17.9 Å². The van der Waals surface area contributed by atoms with Crippen LogP contribution in [0.15, 0.2) is 97.2 Å². The highest BCUT2D eigenvalue weighted by molar-refractivity contribution is 5.71. The molecule has 0 fully saturated rings. The zero-order valence-corrected chi connectivity index (χ0v) is 50.7. The maximum Gasteiger partial charge on any atom is 0.306 e. The Morgan fingerprint density at radius 3 is 0.844 bits per heavy atom. The summed E-state index contributed by atoms with van der Waals surface area (Å²) in [6.45, 7) is 6.49. The molecule has 0 amide bonds. The summed E-state index contributed by atoms with van der Waals surface area (Å²) < 4.78 is 16.9. The van der Waals surface area contributed by atoms with Crippen molar-refractivity contribution in [3.63, 3.8) is 0 Å². The first-order valence-electron chi connectivity index (χ1n) is 32.7. The lowest BCUT2D eigenvalue weighted by Crippen LogP contribution is -2.30. The SMILES string of the molecule is CC/C=C\C/C=C\C/C=C\C/C=C\C/C=C\CCCCCCCCCCCCCCCC(=O)OCC(COC(=O)CCCCCCC/C=C\C/C=C\CCCC)OC(=O)CCCCCCC/C=C\CCCCCCCCC. The van der Waals surface area contributed by atoms with Crippen LogP contribution in [0.25, 0.3) is 0 Å². The third kappa shape index (κ3) is 63.0. The first-order chi connectivity index (χ1) is 38.0. The zero-order chi connectivity index (χ0) is 55.7. The van der Waals surface area contributed by atoms with Crippen LogP contribution in [0.4, 0.5) is 0 Å². The van der Waals surface area contributed by atoms with Crippen molar-refractivity contribution in [1.82, 2.24) is 0 Å². The lowest BCUT2D eigenvalue weighted by atomic mass is 10.0. The molecule has 1 atom stereocenters. The predicted octanol–water partition coefficient (Wildman–Crippen LogP) is 22.4. The van der Waals surface area contributed by atoms with Gasteiger partial charge in [-0.05, 0) is 116 Å². The molecule has 0 aromatic heterocycles. The van der Waals surface area contributed by atoms with Crippen molar-refractivity contribution in [3.05, 3.63) is 97.2 Å². The molecule has 77 heavy (non-hydrogen) atoms. The molecule has 0 rings (SSSR count). The molecule has 0 bridgehead atoms. The molecule has 0 aliphatic heterocycles. The van der Waals surface area contributed by atoms with E-state index in [4.69, 9.17) is 14.2 Å². The van der Waals surface area contributed by atoms with Gasteiger partial charge in [-0.15, -0.1) is 0 Å². The molecule has 0 saturated heterocycles. The molecular formula is C71H122O6. The first-order valence-corrected chi connectivity index (χ1v) is 32.7. The van der Waals surface area contributed by atoms with E-state index < -0.39 is 6.10 Å². The Morgan fingerprint density at radius 2 is 0.519 bits per heavy atom. The van der Waals surface area contributed by atoms with Crippen molar-refractivity contribution < 1.29 is 28.6 Å². The van der Waals surface area contributed by atoms with Gasteiger partial charge in [0, 0.05) is 19.3 Å². The van der Waals surface area contributed by atoms with Crippen LogP contribution in [-0.4, -0.2) is 37.2 Å². The van der Waals surface area contributed by atoms with Crippen LogP contribution in [0, 0.1) is 0 Å². The third-order valence-electron chi connectivity index (χ3n) is 14.0. The van der Waals surface area contributed by atoms with E-state index in [0.29, 0.717) is 19.3 Å². The summed E-state index contributed by atoms with van der Waals surface area (Å²) in [5.74, 6) is -0.897. The summed E-state index contributed by atoms with van der Waals surface area (Å²) in [6, 6.07) is 0. The highest BCUT2D eigenvalue weighted by Crippen LogP contribution is 2.16. The first kappa shape index (κ1) is 73.3. The summed E-state index contributed by atoms with van der Waals surface area (Å²) in [5, 5.41) is 0. The largest absolute Gasteiger partial charge is 0.462 e. The number of hydrogen-bond donors (Lipinski definition) is 0. The van der Waals surface area contributed by atoms with Gasteiger partial charge in [0.25, 0.3) is 0 Å².